The van der Waals surface area contributed by atoms with Crippen LogP contribution in [0.15, 0.2) is 55.5 Å². The van der Waals surface area contributed by atoms with Gasteiger partial charge in [0.2, 0.25) is 17.6 Å². The van der Waals surface area contributed by atoms with Crippen LogP contribution in [0.1, 0.15) is 12.3 Å². The molecule has 9 nitrogen and oxygen atoms in total. The van der Waals surface area contributed by atoms with Gasteiger partial charge in [-0.25, -0.2) is 4.79 Å². The first kappa shape index (κ1) is 19.7. The molecule has 0 radical (unpaired) electrons. The molecule has 1 fully saturated rings. The fourth-order valence-electron chi connectivity index (χ4n) is 3.76. The Balaban J connectivity index is 1.13. The van der Waals surface area contributed by atoms with Crippen molar-refractivity contribution < 1.29 is 13.7 Å². The van der Waals surface area contributed by atoms with Crippen molar-refractivity contribution in [2.24, 2.45) is 0 Å². The van der Waals surface area contributed by atoms with E-state index in [1.807, 2.05) is 40.6 Å². The topological polar surface area (TPSA) is 97.6 Å². The van der Waals surface area contributed by atoms with Gasteiger partial charge in [0.15, 0.2) is 5.58 Å². The molecule has 5 rings (SSSR count). The van der Waals surface area contributed by atoms with E-state index in [0.717, 1.165) is 18.0 Å². The number of carbonyl (C=O) groups excluding carboxylic acids is 1. The molecule has 0 saturated carbocycles. The van der Waals surface area contributed by atoms with E-state index in [9.17, 15) is 9.59 Å². The van der Waals surface area contributed by atoms with Gasteiger partial charge in [-0.05, 0) is 23.6 Å². The van der Waals surface area contributed by atoms with Crippen molar-refractivity contribution in [3.8, 4) is 10.7 Å². The van der Waals surface area contributed by atoms with E-state index in [0.29, 0.717) is 49.0 Å². The first-order chi connectivity index (χ1) is 15.2. The van der Waals surface area contributed by atoms with Crippen molar-refractivity contribution in [1.29, 1.82) is 0 Å². The van der Waals surface area contributed by atoms with Gasteiger partial charge >= 0.3 is 5.76 Å². The maximum Gasteiger partial charge on any atom is 0.419 e. The van der Waals surface area contributed by atoms with Gasteiger partial charge in [0.05, 0.1) is 16.9 Å². The van der Waals surface area contributed by atoms with Crippen LogP contribution in [0.2, 0.25) is 0 Å². The molecule has 0 aliphatic carbocycles. The van der Waals surface area contributed by atoms with Crippen LogP contribution in [0.4, 0.5) is 0 Å². The summed E-state index contributed by atoms with van der Waals surface area (Å²) < 4.78 is 12.1. The van der Waals surface area contributed by atoms with Gasteiger partial charge in [0.25, 0.3) is 0 Å². The highest BCUT2D eigenvalue weighted by molar-refractivity contribution is 7.13. The van der Waals surface area contributed by atoms with E-state index >= 15 is 0 Å². The lowest BCUT2D eigenvalue weighted by molar-refractivity contribution is -0.133. The van der Waals surface area contributed by atoms with Crippen molar-refractivity contribution in [1.82, 2.24) is 24.5 Å². The average molecular weight is 439 g/mol. The fourth-order valence-corrected chi connectivity index (χ4v) is 4.41. The molecule has 1 aliphatic rings. The zero-order valence-electron chi connectivity index (χ0n) is 16.8. The predicted octanol–water partition coefficient (Wildman–Crippen LogP) is 2.44. The number of hydrogen-bond acceptors (Lipinski definition) is 8. The smallest absolute Gasteiger partial charge is 0.408 e. The number of oxazole rings is 1. The molecular formula is C21H21N5O4S. The molecule has 3 aromatic heterocycles. The quantitative estimate of drug-likeness (QED) is 0.455. The minimum atomic E-state index is -0.430. The van der Waals surface area contributed by atoms with E-state index in [4.69, 9.17) is 8.94 Å². The molecule has 1 aliphatic heterocycles. The van der Waals surface area contributed by atoms with Gasteiger partial charge in [-0.2, -0.15) is 4.98 Å². The van der Waals surface area contributed by atoms with E-state index in [1.165, 1.54) is 4.57 Å². The van der Waals surface area contributed by atoms with Crippen molar-refractivity contribution in [2.75, 3.05) is 26.2 Å². The summed E-state index contributed by atoms with van der Waals surface area (Å²) in [4.78, 5) is 34.2. The first-order valence-electron chi connectivity index (χ1n) is 10.1. The molecule has 4 heterocycles. The maximum absolute atomic E-state index is 12.7. The standard InChI is InChI=1S/C21H21N5O4S/c27-19(7-8-26-15-4-1-2-5-16(15)29-21(26)28)25-11-9-24(10-12-25)14-18-22-20(23-30-18)17-6-3-13-31-17/h1-6,13H,7-12,14H2. The van der Waals surface area contributed by atoms with Gasteiger partial charge in [0, 0.05) is 39.1 Å². The van der Waals surface area contributed by atoms with Crippen LogP contribution in [0.3, 0.4) is 0 Å². The van der Waals surface area contributed by atoms with Gasteiger partial charge in [-0.15, -0.1) is 11.3 Å². The number of hydrogen-bond donors (Lipinski definition) is 0. The molecule has 1 aromatic carbocycles. The highest BCUT2D eigenvalue weighted by atomic mass is 32.1. The summed E-state index contributed by atoms with van der Waals surface area (Å²) in [5.74, 6) is 0.796. The number of aryl methyl sites for hydroxylation is 1. The second-order valence-electron chi connectivity index (χ2n) is 7.38. The number of piperazine rings is 1. The Kier molecular flexibility index (Phi) is 5.39. The lowest BCUT2D eigenvalue weighted by atomic mass is 10.2. The number of nitrogens with zero attached hydrogens (tertiary/aromatic N) is 5. The SMILES string of the molecule is O=C(CCn1c(=O)oc2ccccc21)N1CCN(Cc2nc(-c3cccs3)no2)CC1. The fraction of sp³-hybridized carbons (Fsp3) is 0.333. The van der Waals surface area contributed by atoms with Gasteiger partial charge in [-0.3, -0.25) is 14.3 Å². The molecule has 0 spiro atoms. The monoisotopic (exact) mass is 439 g/mol. The van der Waals surface area contributed by atoms with E-state index in [1.54, 1.807) is 17.4 Å². The predicted molar refractivity (Wildman–Crippen MR) is 115 cm³/mol. The van der Waals surface area contributed by atoms with Crippen molar-refractivity contribution in [3.63, 3.8) is 0 Å². The third-order valence-electron chi connectivity index (χ3n) is 5.42. The number of fused-ring (bicyclic) bond motifs is 1. The van der Waals surface area contributed by atoms with E-state index in [2.05, 4.69) is 15.0 Å². The number of thiophene rings is 1. The number of carbonyl (C=O) groups is 1. The van der Waals surface area contributed by atoms with Crippen LogP contribution in [-0.2, 0) is 17.9 Å². The summed E-state index contributed by atoms with van der Waals surface area (Å²) in [6, 6.07) is 11.2. The summed E-state index contributed by atoms with van der Waals surface area (Å²) in [5, 5.41) is 6.02. The Bertz CT molecular complexity index is 1230. The molecule has 0 bridgehead atoms. The molecular weight excluding hydrogens is 418 g/mol. The lowest BCUT2D eigenvalue weighted by Gasteiger charge is -2.34. The Morgan fingerprint density at radius 2 is 1.94 bits per heavy atom. The van der Waals surface area contributed by atoms with Crippen LogP contribution in [-0.4, -0.2) is 56.6 Å². The minimum Gasteiger partial charge on any atom is -0.408 e. The van der Waals surface area contributed by atoms with E-state index < -0.39 is 5.76 Å². The lowest BCUT2D eigenvalue weighted by Crippen LogP contribution is -2.48. The number of rotatable bonds is 6. The number of benzene rings is 1. The summed E-state index contributed by atoms with van der Waals surface area (Å²) in [6.07, 6.45) is 0.261. The summed E-state index contributed by atoms with van der Waals surface area (Å²) in [5.41, 5.74) is 1.25. The molecule has 1 amide bonds. The number of amides is 1. The first-order valence-corrected chi connectivity index (χ1v) is 11.0. The second-order valence-corrected chi connectivity index (χ2v) is 8.33. The Morgan fingerprint density at radius 3 is 2.74 bits per heavy atom. The highest BCUT2D eigenvalue weighted by Gasteiger charge is 2.23. The van der Waals surface area contributed by atoms with Gasteiger partial charge in [-0.1, -0.05) is 23.4 Å². The highest BCUT2D eigenvalue weighted by Crippen LogP contribution is 2.22. The normalized spacial score (nSPS) is 15.0. The Morgan fingerprint density at radius 1 is 1.10 bits per heavy atom. The van der Waals surface area contributed by atoms with Crippen LogP contribution in [0.5, 0.6) is 0 Å². The third-order valence-corrected chi connectivity index (χ3v) is 6.28. The molecule has 31 heavy (non-hydrogen) atoms. The second kappa shape index (κ2) is 8.48. The Hall–Kier alpha value is -3.24. The summed E-state index contributed by atoms with van der Waals surface area (Å²) >= 11 is 1.57. The van der Waals surface area contributed by atoms with Crippen LogP contribution >= 0.6 is 11.3 Å². The van der Waals surface area contributed by atoms with Gasteiger partial charge < -0.3 is 13.8 Å². The molecule has 0 unspecified atom stereocenters. The molecule has 4 aromatic rings. The largest absolute Gasteiger partial charge is 0.419 e. The summed E-state index contributed by atoms with van der Waals surface area (Å²) in [6.45, 7) is 3.60. The Labute approximate surface area is 181 Å². The maximum atomic E-state index is 12.7. The van der Waals surface area contributed by atoms with Crippen LogP contribution < -0.4 is 5.76 Å². The number of aromatic nitrogens is 3. The van der Waals surface area contributed by atoms with E-state index in [-0.39, 0.29) is 12.3 Å². The third kappa shape index (κ3) is 4.17. The molecule has 160 valence electrons. The molecule has 0 N–H and O–H groups in total. The van der Waals surface area contributed by atoms with Crippen molar-refractivity contribution in [2.45, 2.75) is 19.5 Å². The molecule has 1 saturated heterocycles. The molecule has 10 heteroatoms. The van der Waals surface area contributed by atoms with Gasteiger partial charge in [0.1, 0.15) is 0 Å². The zero-order chi connectivity index (χ0) is 21.2. The van der Waals surface area contributed by atoms with Crippen molar-refractivity contribution in [3.05, 3.63) is 58.2 Å². The molecule has 0 atom stereocenters. The van der Waals surface area contributed by atoms with Crippen LogP contribution in [0.25, 0.3) is 21.8 Å². The average Bonchev–Trinajstić information content (AvgIpc) is 3.52. The van der Waals surface area contributed by atoms with Crippen molar-refractivity contribution >= 4 is 28.3 Å². The number of para-hydroxylation sites is 2. The van der Waals surface area contributed by atoms with Crippen LogP contribution in [0, 0.1) is 0 Å². The zero-order valence-corrected chi connectivity index (χ0v) is 17.6. The minimum absolute atomic E-state index is 0.0367. The summed E-state index contributed by atoms with van der Waals surface area (Å²) in [7, 11) is 0.